The van der Waals surface area contributed by atoms with E-state index < -0.39 is 10.0 Å². The molecule has 136 valence electrons. The Balaban J connectivity index is 1.85. The predicted octanol–water partition coefficient (Wildman–Crippen LogP) is 2.39. The first-order valence-electron chi connectivity index (χ1n) is 8.31. The first-order chi connectivity index (χ1) is 12.4. The second kappa shape index (κ2) is 7.46. The molecule has 0 saturated carbocycles. The normalized spacial score (nSPS) is 18.3. The Bertz CT molecular complexity index is 918. The number of nitrogens with zero attached hydrogens (tertiary/aromatic N) is 3. The summed E-state index contributed by atoms with van der Waals surface area (Å²) in [6.45, 7) is 0.811. The van der Waals surface area contributed by atoms with Crippen molar-refractivity contribution in [1.82, 2.24) is 4.31 Å². The van der Waals surface area contributed by atoms with E-state index >= 15 is 0 Å². The van der Waals surface area contributed by atoms with Crippen molar-refractivity contribution in [1.29, 1.82) is 5.26 Å². The van der Waals surface area contributed by atoms with Crippen LogP contribution in [0.25, 0.3) is 0 Å². The standard InChI is InChI=1S/C19H21N3O3S/c1-21(2)17-9-7-15(8-10-17)18-14-22(11-12-25-18)26(23,24)19-6-4-3-5-16(19)13-20/h3-10,18H,11-12,14H2,1-2H3. The molecule has 3 rings (SSSR count). The largest absolute Gasteiger partial charge is 0.378 e. The highest BCUT2D eigenvalue weighted by Gasteiger charge is 2.32. The molecule has 0 amide bonds. The number of benzene rings is 2. The molecule has 1 unspecified atom stereocenters. The van der Waals surface area contributed by atoms with Gasteiger partial charge in [-0.2, -0.15) is 9.57 Å². The molecule has 0 aromatic heterocycles. The minimum Gasteiger partial charge on any atom is -0.378 e. The lowest BCUT2D eigenvalue weighted by molar-refractivity contribution is -0.00255. The van der Waals surface area contributed by atoms with Crippen molar-refractivity contribution in [2.24, 2.45) is 0 Å². The molecule has 7 heteroatoms. The second-order valence-corrected chi connectivity index (χ2v) is 8.22. The number of morpholine rings is 1. The van der Waals surface area contributed by atoms with Crippen molar-refractivity contribution in [3.63, 3.8) is 0 Å². The molecule has 1 aliphatic rings. The molecular formula is C19H21N3O3S. The predicted molar refractivity (Wildman–Crippen MR) is 99.4 cm³/mol. The van der Waals surface area contributed by atoms with Crippen LogP contribution in [0.3, 0.4) is 0 Å². The monoisotopic (exact) mass is 371 g/mol. The van der Waals surface area contributed by atoms with E-state index in [-0.39, 0.29) is 29.7 Å². The number of hydrogen-bond acceptors (Lipinski definition) is 5. The molecule has 1 atom stereocenters. The Labute approximate surface area is 154 Å². The van der Waals surface area contributed by atoms with Crippen LogP contribution in [0.2, 0.25) is 0 Å². The van der Waals surface area contributed by atoms with Crippen LogP contribution in [-0.4, -0.2) is 46.5 Å². The fourth-order valence-electron chi connectivity index (χ4n) is 2.96. The third-order valence-electron chi connectivity index (χ3n) is 4.44. The first-order valence-corrected chi connectivity index (χ1v) is 9.75. The van der Waals surface area contributed by atoms with Crippen molar-refractivity contribution < 1.29 is 13.2 Å². The lowest BCUT2D eigenvalue weighted by Crippen LogP contribution is -2.42. The van der Waals surface area contributed by atoms with E-state index in [4.69, 9.17) is 4.74 Å². The van der Waals surface area contributed by atoms with E-state index in [0.29, 0.717) is 6.61 Å². The molecule has 0 N–H and O–H groups in total. The Morgan fingerprint density at radius 3 is 2.50 bits per heavy atom. The summed E-state index contributed by atoms with van der Waals surface area (Å²) in [6, 6.07) is 16.1. The summed E-state index contributed by atoms with van der Waals surface area (Å²) in [5.41, 5.74) is 2.16. The van der Waals surface area contributed by atoms with Gasteiger partial charge in [0.25, 0.3) is 0 Å². The van der Waals surface area contributed by atoms with Crippen LogP contribution in [0, 0.1) is 11.3 Å². The zero-order valence-electron chi connectivity index (χ0n) is 14.8. The molecule has 1 aliphatic heterocycles. The molecule has 26 heavy (non-hydrogen) atoms. The van der Waals surface area contributed by atoms with Crippen LogP contribution in [0.1, 0.15) is 17.2 Å². The summed E-state index contributed by atoms with van der Waals surface area (Å²) >= 11 is 0. The molecule has 1 saturated heterocycles. The summed E-state index contributed by atoms with van der Waals surface area (Å²) in [6.07, 6.45) is -0.330. The first kappa shape index (κ1) is 18.4. The zero-order chi connectivity index (χ0) is 18.7. The Morgan fingerprint density at radius 2 is 1.85 bits per heavy atom. The Morgan fingerprint density at radius 1 is 1.15 bits per heavy atom. The van der Waals surface area contributed by atoms with Crippen molar-refractivity contribution in [2.45, 2.75) is 11.0 Å². The Kier molecular flexibility index (Phi) is 5.28. The average Bonchev–Trinajstić information content (AvgIpc) is 2.68. The van der Waals surface area contributed by atoms with Crippen LogP contribution in [0.15, 0.2) is 53.4 Å². The molecule has 1 heterocycles. The van der Waals surface area contributed by atoms with Crippen LogP contribution in [-0.2, 0) is 14.8 Å². The summed E-state index contributed by atoms with van der Waals surface area (Å²) in [7, 11) is 0.186. The number of anilines is 1. The van der Waals surface area contributed by atoms with E-state index in [1.165, 1.54) is 16.4 Å². The highest BCUT2D eigenvalue weighted by atomic mass is 32.2. The SMILES string of the molecule is CN(C)c1ccc(C2CN(S(=O)(=O)c3ccccc3C#N)CCO2)cc1. The second-order valence-electron chi connectivity index (χ2n) is 6.32. The molecule has 2 aromatic rings. The van der Waals surface area contributed by atoms with Crippen LogP contribution in [0.4, 0.5) is 5.69 Å². The Hall–Kier alpha value is -2.40. The van der Waals surface area contributed by atoms with Crippen molar-refractivity contribution in [3.05, 3.63) is 59.7 Å². The molecule has 0 aliphatic carbocycles. The summed E-state index contributed by atoms with van der Waals surface area (Å²) < 4.78 is 33.2. The van der Waals surface area contributed by atoms with Crippen LogP contribution >= 0.6 is 0 Å². The van der Waals surface area contributed by atoms with E-state index in [1.54, 1.807) is 12.1 Å². The van der Waals surface area contributed by atoms with Gasteiger partial charge in [-0.25, -0.2) is 8.42 Å². The minimum atomic E-state index is -3.74. The smallest absolute Gasteiger partial charge is 0.244 e. The third kappa shape index (κ3) is 3.58. The maximum atomic E-state index is 13.0. The van der Waals surface area contributed by atoms with Gasteiger partial charge in [0.2, 0.25) is 10.0 Å². The fraction of sp³-hybridized carbons (Fsp3) is 0.316. The summed E-state index contributed by atoms with van der Waals surface area (Å²) in [4.78, 5) is 2.05. The van der Waals surface area contributed by atoms with Gasteiger partial charge in [0.05, 0.1) is 23.2 Å². The van der Waals surface area contributed by atoms with Crippen molar-refractivity contribution in [3.8, 4) is 6.07 Å². The molecule has 6 nitrogen and oxygen atoms in total. The third-order valence-corrected chi connectivity index (χ3v) is 6.36. The maximum Gasteiger partial charge on any atom is 0.244 e. The number of ether oxygens (including phenoxy) is 1. The van der Waals surface area contributed by atoms with E-state index in [1.807, 2.05) is 49.3 Å². The lowest BCUT2D eigenvalue weighted by atomic mass is 10.1. The van der Waals surface area contributed by atoms with Gasteiger partial charge in [-0.1, -0.05) is 24.3 Å². The van der Waals surface area contributed by atoms with Gasteiger partial charge in [0.1, 0.15) is 6.07 Å². The van der Waals surface area contributed by atoms with Gasteiger partial charge in [0, 0.05) is 32.9 Å². The van der Waals surface area contributed by atoms with Crippen molar-refractivity contribution in [2.75, 3.05) is 38.7 Å². The molecule has 2 aromatic carbocycles. The minimum absolute atomic E-state index is 0.0473. The van der Waals surface area contributed by atoms with Crippen LogP contribution < -0.4 is 4.90 Å². The molecule has 0 bridgehead atoms. The summed E-state index contributed by atoms with van der Waals surface area (Å²) in [5, 5.41) is 9.22. The quantitative estimate of drug-likeness (QED) is 0.825. The van der Waals surface area contributed by atoms with E-state index in [0.717, 1.165) is 11.3 Å². The zero-order valence-corrected chi connectivity index (χ0v) is 15.6. The van der Waals surface area contributed by atoms with Gasteiger partial charge >= 0.3 is 0 Å². The number of nitriles is 1. The van der Waals surface area contributed by atoms with Crippen molar-refractivity contribution >= 4 is 15.7 Å². The van der Waals surface area contributed by atoms with Gasteiger partial charge in [-0.05, 0) is 29.8 Å². The van der Waals surface area contributed by atoms with Gasteiger partial charge in [-0.3, -0.25) is 0 Å². The van der Waals surface area contributed by atoms with E-state index in [9.17, 15) is 13.7 Å². The van der Waals surface area contributed by atoms with Gasteiger partial charge in [-0.15, -0.1) is 0 Å². The lowest BCUT2D eigenvalue weighted by Gasteiger charge is -2.32. The van der Waals surface area contributed by atoms with Crippen LogP contribution in [0.5, 0.6) is 0 Å². The fourth-order valence-corrected chi connectivity index (χ4v) is 4.52. The number of rotatable bonds is 4. The van der Waals surface area contributed by atoms with E-state index in [2.05, 4.69) is 0 Å². The number of sulfonamides is 1. The van der Waals surface area contributed by atoms with Gasteiger partial charge < -0.3 is 9.64 Å². The highest BCUT2D eigenvalue weighted by molar-refractivity contribution is 7.89. The topological polar surface area (TPSA) is 73.6 Å². The van der Waals surface area contributed by atoms with Gasteiger partial charge in [0.15, 0.2) is 0 Å². The highest BCUT2D eigenvalue weighted by Crippen LogP contribution is 2.28. The summed E-state index contributed by atoms with van der Waals surface area (Å²) in [5.74, 6) is 0. The molecular weight excluding hydrogens is 350 g/mol. The molecule has 0 spiro atoms. The number of hydrogen-bond donors (Lipinski definition) is 0. The average molecular weight is 371 g/mol. The molecule has 1 fully saturated rings. The molecule has 0 radical (unpaired) electrons. The maximum absolute atomic E-state index is 13.0.